The van der Waals surface area contributed by atoms with Crippen molar-refractivity contribution < 1.29 is 83.4 Å². The first-order valence-electron chi connectivity index (χ1n) is 5.69. The molecular weight excluding hydrogens is 469 g/mol. The molecule has 0 aliphatic rings. The second-order valence-corrected chi connectivity index (χ2v) is 4.88. The van der Waals surface area contributed by atoms with Crippen molar-refractivity contribution in [1.82, 2.24) is 0 Å². The minimum atomic E-state index is -8.98. The van der Waals surface area contributed by atoms with Gasteiger partial charge in [-0.05, 0) is 0 Å². The molecule has 0 fully saturated rings. The maximum atomic E-state index is 13.4. The molecule has 0 rings (SSSR count). The number of rotatable bonds is 6. The largest absolute Gasteiger partial charge is 0.460 e. The zero-order chi connectivity index (χ0) is 23.6. The third-order valence-corrected chi connectivity index (χ3v) is 3.10. The number of hydrogen-bond acceptors (Lipinski definition) is 0. The van der Waals surface area contributed by atoms with E-state index >= 15 is 0 Å². The summed E-state index contributed by atoms with van der Waals surface area (Å²) < 4.78 is 238. The Balaban J connectivity index is 7.07. The Morgan fingerprint density at radius 3 is 0.857 bits per heavy atom. The van der Waals surface area contributed by atoms with Crippen LogP contribution in [0.1, 0.15) is 0 Å². The molecule has 28 heavy (non-hydrogen) atoms. The molecule has 0 nitrogen and oxygen atoms in total. The Morgan fingerprint density at radius 2 is 0.643 bits per heavy atom. The quantitative estimate of drug-likeness (QED) is 0.403. The zero-order valence-electron chi connectivity index (χ0n) is 11.8. The average molecular weight is 470 g/mol. The van der Waals surface area contributed by atoms with Crippen molar-refractivity contribution in [3.63, 3.8) is 0 Å². The summed E-state index contributed by atoms with van der Waals surface area (Å²) >= 11 is 0. The van der Waals surface area contributed by atoms with E-state index in [0.717, 1.165) is 0 Å². The van der Waals surface area contributed by atoms with Gasteiger partial charge in [0.05, 0.1) is 0 Å². The lowest BCUT2D eigenvalue weighted by molar-refractivity contribution is -0.466. The van der Waals surface area contributed by atoms with Crippen molar-refractivity contribution >= 4 is 0 Å². The van der Waals surface area contributed by atoms with Gasteiger partial charge in [0.1, 0.15) is 0 Å². The summed E-state index contributed by atoms with van der Waals surface area (Å²) in [7, 11) is 0. The molecule has 170 valence electrons. The highest BCUT2D eigenvalue weighted by atomic mass is 19.4. The van der Waals surface area contributed by atoms with Crippen molar-refractivity contribution in [3.05, 3.63) is 0 Å². The summed E-state index contributed by atoms with van der Waals surface area (Å²) in [5, 5.41) is 0. The SMILES string of the molecule is FC(F)C(F)(F)C(F)(C(F)(F)F)C(F)(F)C(F)(F)C(F)(F)C(F)(F)C(F)(F)F. The average Bonchev–Trinajstić information content (AvgIpc) is 2.42. The van der Waals surface area contributed by atoms with Gasteiger partial charge in [-0.2, -0.15) is 70.2 Å². The Labute approximate surface area is 139 Å². The van der Waals surface area contributed by atoms with E-state index in [0.29, 0.717) is 0 Å². The molecule has 0 heterocycles. The van der Waals surface area contributed by atoms with Gasteiger partial charge in [0.25, 0.3) is 0 Å². The summed E-state index contributed by atoms with van der Waals surface area (Å²) in [6, 6.07) is 0. The number of halogens is 19. The van der Waals surface area contributed by atoms with E-state index < -0.39 is 54.1 Å². The molecule has 0 N–H and O–H groups in total. The Kier molecular flexibility index (Phi) is 6.03. The van der Waals surface area contributed by atoms with Gasteiger partial charge in [-0.3, -0.25) is 0 Å². The van der Waals surface area contributed by atoms with E-state index in [-0.39, 0.29) is 0 Å². The summed E-state index contributed by atoms with van der Waals surface area (Å²) in [6.45, 7) is 0. The monoisotopic (exact) mass is 470 g/mol. The van der Waals surface area contributed by atoms with Crippen LogP contribution < -0.4 is 0 Å². The standard InChI is InChI=1S/C9HF19/c10-1(11)2(12,13)3(14,8(23,24)25)4(15,16)5(17,18)6(19,20)7(21,22)9(26,27)28/h1H. The minimum absolute atomic E-state index is 6.28. The van der Waals surface area contributed by atoms with E-state index in [2.05, 4.69) is 0 Å². The van der Waals surface area contributed by atoms with Crippen LogP contribution in [0.4, 0.5) is 83.4 Å². The van der Waals surface area contributed by atoms with Gasteiger partial charge in [0.15, 0.2) is 0 Å². The van der Waals surface area contributed by atoms with Crippen LogP contribution in [0, 0.1) is 0 Å². The first-order chi connectivity index (χ1) is 11.7. The number of alkyl halides is 19. The number of hydrogen-bond donors (Lipinski definition) is 0. The second-order valence-electron chi connectivity index (χ2n) is 4.88. The Morgan fingerprint density at radius 1 is 0.357 bits per heavy atom. The third-order valence-electron chi connectivity index (χ3n) is 3.10. The predicted molar refractivity (Wildman–Crippen MR) is 46.7 cm³/mol. The summed E-state index contributed by atoms with van der Waals surface area (Å²) in [5.41, 5.74) is -8.71. The van der Waals surface area contributed by atoms with Crippen LogP contribution in [0.2, 0.25) is 0 Å². The van der Waals surface area contributed by atoms with Crippen LogP contribution in [-0.2, 0) is 0 Å². The molecule has 0 aromatic heterocycles. The Hall–Kier alpha value is -1.33. The molecule has 1 unspecified atom stereocenters. The molecule has 0 saturated heterocycles. The maximum Gasteiger partial charge on any atom is 0.460 e. The van der Waals surface area contributed by atoms with Crippen molar-refractivity contribution in [2.24, 2.45) is 0 Å². The van der Waals surface area contributed by atoms with Crippen molar-refractivity contribution in [3.8, 4) is 0 Å². The highest BCUT2D eigenvalue weighted by Crippen LogP contribution is 2.65. The lowest BCUT2D eigenvalue weighted by atomic mass is 9.82. The molecule has 0 aromatic carbocycles. The molecule has 0 aliphatic carbocycles. The van der Waals surface area contributed by atoms with E-state index in [4.69, 9.17) is 0 Å². The van der Waals surface area contributed by atoms with E-state index in [1.54, 1.807) is 0 Å². The van der Waals surface area contributed by atoms with Gasteiger partial charge in [0, 0.05) is 0 Å². The van der Waals surface area contributed by atoms with Crippen molar-refractivity contribution in [2.45, 2.75) is 54.1 Å². The molecule has 0 aliphatic heterocycles. The smallest absolute Gasteiger partial charge is 0.220 e. The van der Waals surface area contributed by atoms with Crippen LogP contribution in [0.3, 0.4) is 0 Å². The van der Waals surface area contributed by atoms with Gasteiger partial charge in [-0.1, -0.05) is 0 Å². The topological polar surface area (TPSA) is 0 Å². The fourth-order valence-corrected chi connectivity index (χ4v) is 1.52. The van der Waals surface area contributed by atoms with Gasteiger partial charge >= 0.3 is 54.1 Å². The summed E-state index contributed by atoms with van der Waals surface area (Å²) in [5.74, 6) is -43.0. The van der Waals surface area contributed by atoms with E-state index in [1.807, 2.05) is 0 Å². The molecular formula is C9HF19. The fourth-order valence-electron chi connectivity index (χ4n) is 1.52. The lowest BCUT2D eigenvalue weighted by Crippen LogP contribution is -2.78. The molecule has 0 spiro atoms. The van der Waals surface area contributed by atoms with Crippen molar-refractivity contribution in [2.75, 3.05) is 0 Å². The van der Waals surface area contributed by atoms with Gasteiger partial charge in [0.2, 0.25) is 0 Å². The van der Waals surface area contributed by atoms with Crippen LogP contribution in [0.25, 0.3) is 0 Å². The molecule has 0 aromatic rings. The summed E-state index contributed by atoms with van der Waals surface area (Å²) in [4.78, 5) is 0. The Bertz CT molecular complexity index is 563. The fraction of sp³-hybridized carbons (Fsp3) is 1.00. The molecule has 19 heteroatoms. The second kappa shape index (κ2) is 6.33. The van der Waals surface area contributed by atoms with Crippen LogP contribution in [0.15, 0.2) is 0 Å². The third kappa shape index (κ3) is 3.02. The van der Waals surface area contributed by atoms with Gasteiger partial charge in [-0.25, -0.2) is 13.2 Å². The molecule has 0 radical (unpaired) electrons. The molecule has 0 saturated carbocycles. The molecule has 0 bridgehead atoms. The zero-order valence-corrected chi connectivity index (χ0v) is 11.8. The highest BCUT2D eigenvalue weighted by molar-refractivity contribution is 5.19. The van der Waals surface area contributed by atoms with Crippen LogP contribution in [0.5, 0.6) is 0 Å². The normalized spacial score (nSPS) is 18.4. The van der Waals surface area contributed by atoms with Crippen LogP contribution in [-0.4, -0.2) is 54.1 Å². The maximum absolute atomic E-state index is 13.4. The van der Waals surface area contributed by atoms with Gasteiger partial charge < -0.3 is 0 Å². The van der Waals surface area contributed by atoms with Crippen molar-refractivity contribution in [1.29, 1.82) is 0 Å². The minimum Gasteiger partial charge on any atom is -0.220 e. The predicted octanol–water partition coefficient (Wildman–Crippen LogP) is 6.26. The van der Waals surface area contributed by atoms with E-state index in [9.17, 15) is 83.4 Å². The highest BCUT2D eigenvalue weighted by Gasteiger charge is 2.97. The van der Waals surface area contributed by atoms with E-state index in [1.165, 1.54) is 0 Å². The van der Waals surface area contributed by atoms with Crippen LogP contribution >= 0.6 is 0 Å². The molecule has 1 atom stereocenters. The lowest BCUT2D eigenvalue weighted by Gasteiger charge is -2.45. The first-order valence-corrected chi connectivity index (χ1v) is 5.69. The van der Waals surface area contributed by atoms with Gasteiger partial charge in [-0.15, -0.1) is 0 Å². The molecule has 0 amide bonds. The first kappa shape index (κ1) is 26.7. The summed E-state index contributed by atoms with van der Waals surface area (Å²) in [6.07, 6.45) is -22.5.